The number of hydrogen-bond donors (Lipinski definition) is 0. The van der Waals surface area contributed by atoms with E-state index in [-0.39, 0.29) is 15.9 Å². The average molecular weight is 236 g/mol. The van der Waals surface area contributed by atoms with E-state index in [1.54, 1.807) is 0 Å². The van der Waals surface area contributed by atoms with E-state index in [4.69, 9.17) is 0 Å². The Morgan fingerprint density at radius 3 is 2.33 bits per heavy atom. The van der Waals surface area contributed by atoms with Crippen molar-refractivity contribution in [2.75, 3.05) is 0 Å². The summed E-state index contributed by atoms with van der Waals surface area (Å²) in [5.41, 5.74) is 0. The molecule has 0 bridgehead atoms. The van der Waals surface area contributed by atoms with Gasteiger partial charge in [-0.05, 0) is 12.3 Å². The molecule has 0 aromatic heterocycles. The minimum absolute atomic E-state index is 0.101. The number of hydrogen-bond acceptors (Lipinski definition) is 0. The summed E-state index contributed by atoms with van der Waals surface area (Å²) >= 11 is 0. The molecule has 0 fully saturated rings. The summed E-state index contributed by atoms with van der Waals surface area (Å²) in [4.78, 5) is 0. The molecule has 15 heavy (non-hydrogen) atoms. The lowest BCUT2D eigenvalue weighted by molar-refractivity contribution is 0.134. The zero-order chi connectivity index (χ0) is 11.5. The lowest BCUT2D eigenvalue weighted by Crippen LogP contribution is -1.98. The van der Waals surface area contributed by atoms with E-state index < -0.39 is 6.43 Å². The number of halogens is 2. The molecular weight excluding hydrogens is 210 g/mol. The molecule has 3 heteroatoms. The van der Waals surface area contributed by atoms with Crippen molar-refractivity contribution in [3.63, 3.8) is 0 Å². The molecule has 0 nitrogen and oxygen atoms in total. The van der Waals surface area contributed by atoms with Gasteiger partial charge in [0.05, 0.1) is 0 Å². The quantitative estimate of drug-likeness (QED) is 0.393. The topological polar surface area (TPSA) is 0 Å². The predicted octanol–water partition coefficient (Wildman–Crippen LogP) is 4.25. The van der Waals surface area contributed by atoms with Crippen molar-refractivity contribution >= 4 is 9.52 Å². The third-order valence-electron chi connectivity index (χ3n) is 3.07. The summed E-state index contributed by atoms with van der Waals surface area (Å²) in [6, 6.07) is 2.88. The highest BCUT2D eigenvalue weighted by Crippen LogP contribution is 2.12. The van der Waals surface area contributed by atoms with Crippen molar-refractivity contribution in [2.45, 2.75) is 70.9 Å². The van der Waals surface area contributed by atoms with E-state index in [9.17, 15) is 8.78 Å². The van der Waals surface area contributed by atoms with Gasteiger partial charge in [-0.3, -0.25) is 0 Å². The minimum Gasteiger partial charge on any atom is -0.211 e. The molecule has 1 atom stereocenters. The van der Waals surface area contributed by atoms with Crippen LogP contribution in [0.25, 0.3) is 0 Å². The Labute approximate surface area is 95.7 Å². The summed E-state index contributed by atoms with van der Waals surface area (Å²) in [5.74, 6) is 0.913. The van der Waals surface area contributed by atoms with Crippen molar-refractivity contribution < 1.29 is 8.78 Å². The highest BCUT2D eigenvalue weighted by Gasteiger charge is 2.01. The Morgan fingerprint density at radius 2 is 1.73 bits per heavy atom. The summed E-state index contributed by atoms with van der Waals surface area (Å²) in [7, 11) is 0.155. The second-order valence-corrected chi connectivity index (χ2v) is 6.59. The molecule has 0 spiro atoms. The largest absolute Gasteiger partial charge is 0.238 e. The van der Waals surface area contributed by atoms with Crippen LogP contribution in [0.5, 0.6) is 0 Å². The zero-order valence-electron chi connectivity index (χ0n) is 10.3. The highest BCUT2D eigenvalue weighted by atomic mass is 28.2. The van der Waals surface area contributed by atoms with Crippen LogP contribution in [0.1, 0.15) is 52.4 Å². The van der Waals surface area contributed by atoms with E-state index in [0.29, 0.717) is 6.42 Å². The Bertz CT molecular complexity index is 129. The van der Waals surface area contributed by atoms with Crippen LogP contribution in [-0.2, 0) is 0 Å². The van der Waals surface area contributed by atoms with Gasteiger partial charge in [-0.2, -0.15) is 0 Å². The molecule has 0 radical (unpaired) electrons. The Balaban J connectivity index is 2.99. The normalized spacial score (nSPS) is 14.2. The first-order valence-electron chi connectivity index (χ1n) is 6.45. The van der Waals surface area contributed by atoms with Gasteiger partial charge in [0.15, 0.2) is 0 Å². The summed E-state index contributed by atoms with van der Waals surface area (Å²) in [6.07, 6.45) is 3.48. The van der Waals surface area contributed by atoms with Gasteiger partial charge in [-0.25, -0.2) is 8.78 Å². The maximum atomic E-state index is 11.8. The lowest BCUT2D eigenvalue weighted by atomic mass is 10.1. The first-order chi connectivity index (χ1) is 7.16. The lowest BCUT2D eigenvalue weighted by Gasteiger charge is -2.06. The Morgan fingerprint density at radius 1 is 1.07 bits per heavy atom. The van der Waals surface area contributed by atoms with Gasteiger partial charge in [-0.1, -0.05) is 51.6 Å². The molecule has 0 amide bonds. The molecule has 0 aliphatic carbocycles. The van der Waals surface area contributed by atoms with E-state index in [2.05, 4.69) is 13.8 Å². The van der Waals surface area contributed by atoms with Gasteiger partial charge in [-0.15, -0.1) is 0 Å². The molecule has 0 rings (SSSR count). The SMILES string of the molecule is CCC(C)C[SiH2]CCCCCCC(F)F. The molecule has 0 heterocycles. The van der Waals surface area contributed by atoms with Crippen LogP contribution in [0.15, 0.2) is 0 Å². The van der Waals surface area contributed by atoms with Crippen molar-refractivity contribution in [1.82, 2.24) is 0 Å². The summed E-state index contributed by atoms with van der Waals surface area (Å²) in [5, 5.41) is 0. The van der Waals surface area contributed by atoms with Crippen molar-refractivity contribution in [3.8, 4) is 0 Å². The van der Waals surface area contributed by atoms with E-state index in [1.807, 2.05) is 0 Å². The maximum Gasteiger partial charge on any atom is 0.238 e. The molecule has 0 aromatic rings. The van der Waals surface area contributed by atoms with E-state index in [0.717, 1.165) is 12.3 Å². The van der Waals surface area contributed by atoms with Crippen molar-refractivity contribution in [2.24, 2.45) is 5.92 Å². The summed E-state index contributed by atoms with van der Waals surface area (Å²) in [6.45, 7) is 4.58. The molecule has 0 aliphatic heterocycles. The first-order valence-corrected chi connectivity index (χ1v) is 8.45. The molecular formula is C12H26F2Si. The van der Waals surface area contributed by atoms with Crippen LogP contribution in [0.2, 0.25) is 12.1 Å². The fourth-order valence-electron chi connectivity index (χ4n) is 1.70. The minimum atomic E-state index is -2.09. The first kappa shape index (κ1) is 15.1. The molecule has 0 saturated heterocycles. The van der Waals surface area contributed by atoms with E-state index in [1.165, 1.54) is 31.4 Å². The molecule has 0 saturated carbocycles. The third kappa shape index (κ3) is 12.0. The summed E-state index contributed by atoms with van der Waals surface area (Å²) < 4.78 is 23.6. The standard InChI is InChI=1S/C12H26F2Si/c1-3-11(2)10-15-9-7-5-4-6-8-12(13)14/h11-12H,3-10,15H2,1-2H3. The smallest absolute Gasteiger partial charge is 0.211 e. The van der Waals surface area contributed by atoms with Crippen LogP contribution in [0, 0.1) is 5.92 Å². The number of rotatable bonds is 10. The van der Waals surface area contributed by atoms with Crippen LogP contribution in [0.3, 0.4) is 0 Å². The van der Waals surface area contributed by atoms with Gasteiger partial charge in [0, 0.05) is 15.9 Å². The van der Waals surface area contributed by atoms with Crippen LogP contribution in [-0.4, -0.2) is 15.9 Å². The maximum absolute atomic E-state index is 11.8. The molecule has 0 aromatic carbocycles. The fraction of sp³-hybridized carbons (Fsp3) is 1.00. The molecule has 1 unspecified atom stereocenters. The molecule has 92 valence electrons. The van der Waals surface area contributed by atoms with Gasteiger partial charge in [0.2, 0.25) is 6.43 Å². The second-order valence-electron chi connectivity index (χ2n) is 4.60. The van der Waals surface area contributed by atoms with Gasteiger partial charge in [0.25, 0.3) is 0 Å². The number of unbranched alkanes of at least 4 members (excludes halogenated alkanes) is 3. The second kappa shape index (κ2) is 10.6. The van der Waals surface area contributed by atoms with Gasteiger partial charge >= 0.3 is 0 Å². The fourth-order valence-corrected chi connectivity index (χ4v) is 3.80. The van der Waals surface area contributed by atoms with Gasteiger partial charge < -0.3 is 0 Å². The highest BCUT2D eigenvalue weighted by molar-refractivity contribution is 6.35. The van der Waals surface area contributed by atoms with Crippen LogP contribution < -0.4 is 0 Å². The predicted molar refractivity (Wildman–Crippen MR) is 66.7 cm³/mol. The Hall–Kier alpha value is 0.0769. The Kier molecular flexibility index (Phi) is 10.6. The molecule has 0 N–H and O–H groups in total. The van der Waals surface area contributed by atoms with Crippen LogP contribution >= 0.6 is 0 Å². The van der Waals surface area contributed by atoms with Gasteiger partial charge in [0.1, 0.15) is 0 Å². The monoisotopic (exact) mass is 236 g/mol. The average Bonchev–Trinajstić information content (AvgIpc) is 2.21. The van der Waals surface area contributed by atoms with Crippen molar-refractivity contribution in [1.29, 1.82) is 0 Å². The van der Waals surface area contributed by atoms with Crippen molar-refractivity contribution in [3.05, 3.63) is 0 Å². The van der Waals surface area contributed by atoms with E-state index >= 15 is 0 Å². The molecule has 0 aliphatic rings. The third-order valence-corrected chi connectivity index (χ3v) is 5.46. The van der Waals surface area contributed by atoms with Crippen LogP contribution in [0.4, 0.5) is 8.78 Å². The zero-order valence-corrected chi connectivity index (χ0v) is 11.7. The number of alkyl halides is 2.